The second-order valence-corrected chi connectivity index (χ2v) is 2.87. The molecule has 2 aromatic rings. The van der Waals surface area contributed by atoms with Gasteiger partial charge < -0.3 is 9.94 Å². The molecule has 0 fully saturated rings. The van der Waals surface area contributed by atoms with E-state index in [2.05, 4.69) is 0 Å². The molecule has 2 rings (SSSR count). The third-order valence-corrected chi connectivity index (χ3v) is 2.06. The van der Waals surface area contributed by atoms with E-state index in [0.717, 1.165) is 4.73 Å². The Morgan fingerprint density at radius 3 is 2.79 bits per heavy atom. The van der Waals surface area contributed by atoms with E-state index in [4.69, 9.17) is 4.84 Å². The molecule has 0 aliphatic rings. The SMILES string of the molecule is COn1c(O)c2ccccc2cc1=O. The molecule has 0 amide bonds. The largest absolute Gasteiger partial charge is 0.492 e. The van der Waals surface area contributed by atoms with Crippen molar-refractivity contribution in [3.05, 3.63) is 40.7 Å². The third kappa shape index (κ3) is 1.12. The molecule has 0 unspecified atom stereocenters. The van der Waals surface area contributed by atoms with E-state index >= 15 is 0 Å². The Bertz CT molecular complexity index is 530. The number of hydrogen-bond acceptors (Lipinski definition) is 3. The summed E-state index contributed by atoms with van der Waals surface area (Å²) in [7, 11) is 1.33. The molecule has 0 spiro atoms. The summed E-state index contributed by atoms with van der Waals surface area (Å²) in [6, 6.07) is 8.49. The predicted molar refractivity (Wildman–Crippen MR) is 52.4 cm³/mol. The molecule has 0 aliphatic heterocycles. The summed E-state index contributed by atoms with van der Waals surface area (Å²) < 4.78 is 0.850. The van der Waals surface area contributed by atoms with Gasteiger partial charge in [-0.15, -0.1) is 4.73 Å². The van der Waals surface area contributed by atoms with Gasteiger partial charge in [0.2, 0.25) is 5.88 Å². The topological polar surface area (TPSA) is 51.5 Å². The third-order valence-electron chi connectivity index (χ3n) is 2.06. The van der Waals surface area contributed by atoms with Crippen LogP contribution in [0.15, 0.2) is 35.1 Å². The average molecular weight is 191 g/mol. The van der Waals surface area contributed by atoms with Crippen LogP contribution in [0, 0.1) is 0 Å². The van der Waals surface area contributed by atoms with Crippen molar-refractivity contribution in [3.63, 3.8) is 0 Å². The van der Waals surface area contributed by atoms with E-state index in [9.17, 15) is 9.90 Å². The number of rotatable bonds is 1. The van der Waals surface area contributed by atoms with Gasteiger partial charge in [0, 0.05) is 11.5 Å². The first-order valence-corrected chi connectivity index (χ1v) is 4.12. The Morgan fingerprint density at radius 2 is 2.07 bits per heavy atom. The van der Waals surface area contributed by atoms with E-state index in [-0.39, 0.29) is 11.4 Å². The minimum absolute atomic E-state index is 0.171. The molecule has 72 valence electrons. The van der Waals surface area contributed by atoms with Gasteiger partial charge in [-0.1, -0.05) is 18.2 Å². The molecule has 0 bridgehead atoms. The van der Waals surface area contributed by atoms with Crippen LogP contribution in [0.25, 0.3) is 10.8 Å². The Morgan fingerprint density at radius 1 is 1.36 bits per heavy atom. The maximum absolute atomic E-state index is 11.4. The average Bonchev–Trinajstić information content (AvgIpc) is 2.18. The molecule has 1 heterocycles. The lowest BCUT2D eigenvalue weighted by Crippen LogP contribution is -2.23. The van der Waals surface area contributed by atoms with Crippen LogP contribution in [0.1, 0.15) is 0 Å². The van der Waals surface area contributed by atoms with Crippen molar-refractivity contribution in [3.8, 4) is 5.88 Å². The number of pyridine rings is 1. The minimum Gasteiger partial charge on any atom is -0.492 e. The first-order chi connectivity index (χ1) is 6.74. The van der Waals surface area contributed by atoms with Crippen LogP contribution in [-0.4, -0.2) is 16.9 Å². The fourth-order valence-electron chi connectivity index (χ4n) is 1.41. The number of aromatic nitrogens is 1. The number of benzene rings is 1. The van der Waals surface area contributed by atoms with Crippen molar-refractivity contribution in [1.82, 2.24) is 4.73 Å². The van der Waals surface area contributed by atoms with E-state index in [0.29, 0.717) is 10.8 Å². The molecule has 4 heteroatoms. The maximum Gasteiger partial charge on any atom is 0.287 e. The number of nitrogens with zero attached hydrogens (tertiary/aromatic N) is 1. The van der Waals surface area contributed by atoms with Crippen molar-refractivity contribution in [2.24, 2.45) is 0 Å². The number of hydrogen-bond donors (Lipinski definition) is 1. The fourth-order valence-corrected chi connectivity index (χ4v) is 1.41. The molecule has 1 N–H and O–H groups in total. The highest BCUT2D eigenvalue weighted by atomic mass is 16.7. The Labute approximate surface area is 79.9 Å². The van der Waals surface area contributed by atoms with Crippen LogP contribution in [0.2, 0.25) is 0 Å². The summed E-state index contributed by atoms with van der Waals surface area (Å²) >= 11 is 0. The quantitative estimate of drug-likeness (QED) is 0.724. The number of fused-ring (bicyclic) bond motifs is 1. The summed E-state index contributed by atoms with van der Waals surface area (Å²) in [6.45, 7) is 0. The Hall–Kier alpha value is -1.97. The van der Waals surface area contributed by atoms with Crippen LogP contribution in [0.5, 0.6) is 5.88 Å². The fraction of sp³-hybridized carbons (Fsp3) is 0.100. The monoisotopic (exact) mass is 191 g/mol. The molecule has 0 atom stereocenters. The van der Waals surface area contributed by atoms with Crippen LogP contribution < -0.4 is 10.4 Å². The zero-order valence-corrected chi connectivity index (χ0v) is 7.60. The minimum atomic E-state index is -0.385. The zero-order valence-electron chi connectivity index (χ0n) is 7.60. The summed E-state index contributed by atoms with van der Waals surface area (Å²) in [5, 5.41) is 11.0. The molecule has 4 nitrogen and oxygen atoms in total. The molecule has 1 aromatic carbocycles. The van der Waals surface area contributed by atoms with Gasteiger partial charge in [-0.05, 0) is 11.5 Å². The van der Waals surface area contributed by atoms with E-state index < -0.39 is 0 Å². The van der Waals surface area contributed by atoms with Gasteiger partial charge in [0.05, 0.1) is 0 Å². The highest BCUT2D eigenvalue weighted by Crippen LogP contribution is 2.20. The van der Waals surface area contributed by atoms with Gasteiger partial charge in [-0.3, -0.25) is 4.79 Å². The Balaban J connectivity index is 2.93. The molecular weight excluding hydrogens is 182 g/mol. The van der Waals surface area contributed by atoms with Gasteiger partial charge >= 0.3 is 0 Å². The van der Waals surface area contributed by atoms with Gasteiger partial charge in [0.15, 0.2) is 0 Å². The van der Waals surface area contributed by atoms with Crippen LogP contribution >= 0.6 is 0 Å². The van der Waals surface area contributed by atoms with E-state index in [1.54, 1.807) is 24.3 Å². The highest BCUT2D eigenvalue weighted by Gasteiger charge is 2.07. The second kappa shape index (κ2) is 3.06. The van der Waals surface area contributed by atoms with Gasteiger partial charge in [-0.25, -0.2) is 0 Å². The highest BCUT2D eigenvalue weighted by molar-refractivity contribution is 5.86. The molecule has 0 radical (unpaired) electrons. The molecule has 0 saturated heterocycles. The summed E-state index contributed by atoms with van der Waals surface area (Å²) in [6.07, 6.45) is 0. The van der Waals surface area contributed by atoms with E-state index in [1.165, 1.54) is 13.2 Å². The lowest BCUT2D eigenvalue weighted by atomic mass is 10.2. The van der Waals surface area contributed by atoms with Crippen molar-refractivity contribution >= 4 is 10.8 Å². The standard InChI is InChI=1S/C10H9NO3/c1-14-11-9(12)6-7-4-2-3-5-8(7)10(11)13/h2-6,13H,1H3. The van der Waals surface area contributed by atoms with Crippen molar-refractivity contribution in [2.75, 3.05) is 7.11 Å². The zero-order chi connectivity index (χ0) is 10.1. The van der Waals surface area contributed by atoms with E-state index in [1.807, 2.05) is 0 Å². The van der Waals surface area contributed by atoms with Crippen LogP contribution in [0.4, 0.5) is 0 Å². The molecule has 0 aliphatic carbocycles. The summed E-state index contributed by atoms with van der Waals surface area (Å²) in [5.74, 6) is -0.171. The lowest BCUT2D eigenvalue weighted by molar-refractivity contribution is 0.133. The van der Waals surface area contributed by atoms with Gasteiger partial charge in [0.25, 0.3) is 5.56 Å². The maximum atomic E-state index is 11.4. The smallest absolute Gasteiger partial charge is 0.287 e. The summed E-state index contributed by atoms with van der Waals surface area (Å²) in [4.78, 5) is 16.1. The van der Waals surface area contributed by atoms with Crippen molar-refractivity contribution < 1.29 is 9.94 Å². The first-order valence-electron chi connectivity index (χ1n) is 4.12. The van der Waals surface area contributed by atoms with Crippen LogP contribution in [0.3, 0.4) is 0 Å². The van der Waals surface area contributed by atoms with Crippen molar-refractivity contribution in [1.29, 1.82) is 0 Å². The molecule has 1 aromatic heterocycles. The van der Waals surface area contributed by atoms with Gasteiger partial charge in [-0.2, -0.15) is 0 Å². The first kappa shape index (κ1) is 8.62. The second-order valence-electron chi connectivity index (χ2n) is 2.87. The lowest BCUT2D eigenvalue weighted by Gasteiger charge is -2.07. The molecule has 0 saturated carbocycles. The van der Waals surface area contributed by atoms with Crippen molar-refractivity contribution in [2.45, 2.75) is 0 Å². The normalized spacial score (nSPS) is 10.4. The molecular formula is C10H9NO3. The van der Waals surface area contributed by atoms with Crippen LogP contribution in [-0.2, 0) is 0 Å². The Kier molecular flexibility index (Phi) is 1.89. The predicted octanol–water partition coefficient (Wildman–Crippen LogP) is 0.765. The van der Waals surface area contributed by atoms with Gasteiger partial charge in [0.1, 0.15) is 7.11 Å². The molecule has 14 heavy (non-hydrogen) atoms. The summed E-state index contributed by atoms with van der Waals surface area (Å²) in [5.41, 5.74) is -0.385. The number of aromatic hydroxyl groups is 1.